The van der Waals surface area contributed by atoms with Crippen molar-refractivity contribution in [2.75, 3.05) is 12.5 Å². The van der Waals surface area contributed by atoms with Crippen LogP contribution in [0.25, 0.3) is 0 Å². The van der Waals surface area contributed by atoms with E-state index < -0.39 is 0 Å². The molecule has 0 aliphatic heterocycles. The van der Waals surface area contributed by atoms with Crippen LogP contribution in [-0.2, 0) is 6.61 Å². The first-order valence-electron chi connectivity index (χ1n) is 8.25. The van der Waals surface area contributed by atoms with Gasteiger partial charge in [-0.05, 0) is 48.0 Å². The summed E-state index contributed by atoms with van der Waals surface area (Å²) in [5, 5.41) is 5.36. The van der Waals surface area contributed by atoms with E-state index in [0.717, 1.165) is 16.8 Å². The topological polar surface area (TPSA) is 42.8 Å². The lowest BCUT2D eigenvalue weighted by molar-refractivity contribution is 0.284. The Morgan fingerprint density at radius 1 is 0.926 bits per heavy atom. The number of nitrogens with one attached hydrogen (secondary N) is 1. The number of ether oxygens (including phenoxy) is 2. The van der Waals surface area contributed by atoms with Gasteiger partial charge in [0.2, 0.25) is 0 Å². The van der Waals surface area contributed by atoms with E-state index in [4.69, 9.17) is 32.7 Å². The van der Waals surface area contributed by atoms with Gasteiger partial charge >= 0.3 is 0 Å². The van der Waals surface area contributed by atoms with Gasteiger partial charge in [-0.1, -0.05) is 47.5 Å². The quantitative estimate of drug-likeness (QED) is 0.389. The second-order valence-electron chi connectivity index (χ2n) is 5.64. The highest BCUT2D eigenvalue weighted by Crippen LogP contribution is 2.31. The van der Waals surface area contributed by atoms with E-state index in [1.807, 2.05) is 48.5 Å². The first-order valence-corrected chi connectivity index (χ1v) is 9.01. The third-order valence-electron chi connectivity index (χ3n) is 3.80. The van der Waals surface area contributed by atoms with Crippen LogP contribution in [0, 0.1) is 0 Å². The second-order valence-corrected chi connectivity index (χ2v) is 6.45. The Labute approximate surface area is 168 Å². The molecule has 0 aliphatic rings. The van der Waals surface area contributed by atoms with Crippen molar-refractivity contribution in [3.63, 3.8) is 0 Å². The fourth-order valence-corrected chi connectivity index (χ4v) is 2.90. The van der Waals surface area contributed by atoms with Crippen molar-refractivity contribution in [1.82, 2.24) is 0 Å². The number of rotatable bonds is 7. The molecule has 0 fully saturated rings. The monoisotopic (exact) mass is 400 g/mol. The van der Waals surface area contributed by atoms with Gasteiger partial charge in [-0.25, -0.2) is 0 Å². The smallest absolute Gasteiger partial charge is 0.161 e. The van der Waals surface area contributed by atoms with Crippen LogP contribution in [0.2, 0.25) is 10.0 Å². The van der Waals surface area contributed by atoms with Crippen LogP contribution in [0.3, 0.4) is 0 Å². The fraction of sp³-hybridized carbons (Fsp3) is 0.0952. The molecule has 0 amide bonds. The highest BCUT2D eigenvalue weighted by Gasteiger charge is 2.09. The van der Waals surface area contributed by atoms with Crippen molar-refractivity contribution in [3.05, 3.63) is 87.9 Å². The molecule has 0 radical (unpaired) electrons. The predicted molar refractivity (Wildman–Crippen MR) is 111 cm³/mol. The van der Waals surface area contributed by atoms with Gasteiger partial charge in [0.1, 0.15) is 6.61 Å². The Morgan fingerprint density at radius 3 is 2.37 bits per heavy atom. The lowest BCUT2D eigenvalue weighted by Crippen LogP contribution is -2.00. The van der Waals surface area contributed by atoms with Crippen molar-refractivity contribution < 1.29 is 9.47 Å². The standard InChI is InChI=1S/C21H18Cl2N2O2/c1-26-21-12-15(13-24-25-16-6-3-2-4-7-16)10-11-20(21)27-14-17-18(22)8-5-9-19(17)23/h2-13,25H,14H2,1H3/b24-13+. The second kappa shape index (κ2) is 9.31. The molecule has 3 aromatic rings. The maximum absolute atomic E-state index is 6.18. The molecule has 0 spiro atoms. The number of hydrogen-bond acceptors (Lipinski definition) is 4. The zero-order valence-corrected chi connectivity index (χ0v) is 16.2. The predicted octanol–water partition coefficient (Wildman–Crippen LogP) is 6.03. The third-order valence-corrected chi connectivity index (χ3v) is 4.51. The van der Waals surface area contributed by atoms with E-state index in [0.29, 0.717) is 21.5 Å². The van der Waals surface area contributed by atoms with Crippen molar-refractivity contribution in [2.45, 2.75) is 6.61 Å². The maximum Gasteiger partial charge on any atom is 0.161 e. The Balaban J connectivity index is 1.69. The van der Waals surface area contributed by atoms with E-state index in [1.165, 1.54) is 0 Å². The van der Waals surface area contributed by atoms with Crippen LogP contribution < -0.4 is 14.9 Å². The molecule has 6 heteroatoms. The van der Waals surface area contributed by atoms with Gasteiger partial charge in [-0.2, -0.15) is 5.10 Å². The highest BCUT2D eigenvalue weighted by molar-refractivity contribution is 6.35. The zero-order chi connectivity index (χ0) is 19.1. The Morgan fingerprint density at radius 2 is 1.67 bits per heavy atom. The summed E-state index contributed by atoms with van der Waals surface area (Å²) in [6.45, 7) is 0.248. The number of anilines is 1. The van der Waals surface area contributed by atoms with E-state index in [1.54, 1.807) is 31.5 Å². The zero-order valence-electron chi connectivity index (χ0n) is 14.7. The number of hydrazone groups is 1. The van der Waals surface area contributed by atoms with Crippen molar-refractivity contribution >= 4 is 35.1 Å². The van der Waals surface area contributed by atoms with Crippen molar-refractivity contribution in [2.24, 2.45) is 5.10 Å². The van der Waals surface area contributed by atoms with Gasteiger partial charge in [-0.3, -0.25) is 5.43 Å². The van der Waals surface area contributed by atoms with E-state index in [9.17, 15) is 0 Å². The summed E-state index contributed by atoms with van der Waals surface area (Å²) in [6, 6.07) is 20.6. The molecule has 0 bridgehead atoms. The molecule has 0 aliphatic carbocycles. The molecule has 138 valence electrons. The third kappa shape index (κ3) is 5.16. The minimum atomic E-state index is 0.248. The number of para-hydroxylation sites is 1. The summed E-state index contributed by atoms with van der Waals surface area (Å²) in [7, 11) is 1.59. The number of methoxy groups -OCH3 is 1. The summed E-state index contributed by atoms with van der Waals surface area (Å²) in [6.07, 6.45) is 1.71. The van der Waals surface area contributed by atoms with Gasteiger partial charge in [0.15, 0.2) is 11.5 Å². The first kappa shape index (κ1) is 19.1. The van der Waals surface area contributed by atoms with Crippen LogP contribution in [0.15, 0.2) is 71.8 Å². The SMILES string of the molecule is COc1cc(/C=N/Nc2ccccc2)ccc1OCc1c(Cl)cccc1Cl. The van der Waals surface area contributed by atoms with Gasteiger partial charge in [0.05, 0.1) is 19.0 Å². The average Bonchev–Trinajstić information content (AvgIpc) is 2.69. The molecule has 0 saturated heterocycles. The Kier molecular flexibility index (Phi) is 6.58. The van der Waals surface area contributed by atoms with Crippen LogP contribution in [0.1, 0.15) is 11.1 Å². The number of hydrogen-bond donors (Lipinski definition) is 1. The Hall–Kier alpha value is -2.69. The minimum Gasteiger partial charge on any atom is -0.493 e. The molecule has 0 aromatic heterocycles. The molecule has 27 heavy (non-hydrogen) atoms. The fourth-order valence-electron chi connectivity index (χ4n) is 2.40. The molecular weight excluding hydrogens is 383 g/mol. The molecule has 0 atom stereocenters. The number of halogens is 2. The largest absolute Gasteiger partial charge is 0.493 e. The average molecular weight is 401 g/mol. The molecule has 1 N–H and O–H groups in total. The van der Waals surface area contributed by atoms with Crippen molar-refractivity contribution in [1.29, 1.82) is 0 Å². The van der Waals surface area contributed by atoms with Gasteiger partial charge in [0.25, 0.3) is 0 Å². The normalized spacial score (nSPS) is 10.8. The summed E-state index contributed by atoms with van der Waals surface area (Å²) >= 11 is 12.4. The molecule has 0 heterocycles. The lowest BCUT2D eigenvalue weighted by atomic mass is 10.2. The van der Waals surface area contributed by atoms with Gasteiger partial charge in [0, 0.05) is 15.6 Å². The van der Waals surface area contributed by atoms with E-state index in [2.05, 4.69) is 10.5 Å². The van der Waals surface area contributed by atoms with E-state index in [-0.39, 0.29) is 6.61 Å². The maximum atomic E-state index is 6.18. The van der Waals surface area contributed by atoms with Gasteiger partial charge < -0.3 is 9.47 Å². The lowest BCUT2D eigenvalue weighted by Gasteiger charge is -2.13. The Bertz CT molecular complexity index is 910. The molecule has 3 aromatic carbocycles. The van der Waals surface area contributed by atoms with Gasteiger partial charge in [-0.15, -0.1) is 0 Å². The number of benzene rings is 3. The van der Waals surface area contributed by atoms with Crippen LogP contribution in [0.4, 0.5) is 5.69 Å². The first-order chi connectivity index (χ1) is 13.2. The van der Waals surface area contributed by atoms with Crippen LogP contribution in [-0.4, -0.2) is 13.3 Å². The summed E-state index contributed by atoms with van der Waals surface area (Å²) < 4.78 is 11.3. The number of nitrogens with zero attached hydrogens (tertiary/aromatic N) is 1. The summed E-state index contributed by atoms with van der Waals surface area (Å²) in [5.74, 6) is 1.20. The molecule has 0 saturated carbocycles. The van der Waals surface area contributed by atoms with Crippen LogP contribution >= 0.6 is 23.2 Å². The molecule has 3 rings (SSSR count). The minimum absolute atomic E-state index is 0.248. The summed E-state index contributed by atoms with van der Waals surface area (Å²) in [4.78, 5) is 0. The summed E-state index contributed by atoms with van der Waals surface area (Å²) in [5.41, 5.74) is 5.50. The van der Waals surface area contributed by atoms with E-state index >= 15 is 0 Å². The highest BCUT2D eigenvalue weighted by atomic mass is 35.5. The molecule has 0 unspecified atom stereocenters. The van der Waals surface area contributed by atoms with Crippen molar-refractivity contribution in [3.8, 4) is 11.5 Å². The molecule has 4 nitrogen and oxygen atoms in total. The molecular formula is C21H18Cl2N2O2. The van der Waals surface area contributed by atoms with Crippen LogP contribution in [0.5, 0.6) is 11.5 Å².